The minimum absolute atomic E-state index is 0.116. The third kappa shape index (κ3) is 5.96. The van der Waals surface area contributed by atoms with Gasteiger partial charge >= 0.3 is 5.97 Å². The Morgan fingerprint density at radius 3 is 2.79 bits per heavy atom. The maximum absolute atomic E-state index is 10.9. The summed E-state index contributed by atoms with van der Waals surface area (Å²) in [5.41, 5.74) is 3.99. The molecular weight excluding hydrogens is 384 g/mol. The maximum atomic E-state index is 10.9. The van der Waals surface area contributed by atoms with Crippen LogP contribution in [0.1, 0.15) is 29.9 Å². The highest BCUT2D eigenvalue weighted by Gasteiger charge is 2.17. The lowest BCUT2D eigenvalue weighted by atomic mass is 9.99. The first kappa shape index (κ1) is 20.7. The number of hydrogen-bond donors (Lipinski definition) is 2. The molecule has 2 heterocycles. The van der Waals surface area contributed by atoms with E-state index < -0.39 is 0 Å². The molecule has 0 spiro atoms. The fourth-order valence-corrected chi connectivity index (χ4v) is 3.35. The molecule has 2 aromatic heterocycles. The number of ether oxygens (including phenoxy) is 1. The average molecular weight is 409 g/mol. The summed E-state index contributed by atoms with van der Waals surface area (Å²) in [6, 6.07) is 16.0. The van der Waals surface area contributed by atoms with Gasteiger partial charge in [-0.25, -0.2) is 0 Å². The average Bonchev–Trinajstić information content (AvgIpc) is 2.71. The van der Waals surface area contributed by atoms with Crippen LogP contribution in [0.2, 0.25) is 0 Å². The minimum Gasteiger partial charge on any atom is -0.464 e. The lowest BCUT2D eigenvalue weighted by Gasteiger charge is -2.22. The molecule has 0 aliphatic rings. The lowest BCUT2D eigenvalue weighted by Crippen LogP contribution is -2.40. The van der Waals surface area contributed by atoms with Crippen LogP contribution in [0.25, 0.3) is 10.9 Å². The Balaban J connectivity index is 1.78. The van der Waals surface area contributed by atoms with Crippen molar-refractivity contribution >= 4 is 34.2 Å². The molecule has 0 fully saturated rings. The standard InChI is InChI=1S/C22H24N4O2S/c1-15-6-5-9-20(25-15)21(26-22(29)24-12-13-28-16(2)27)14-17-10-11-23-19-8-4-3-7-18(17)19/h3-11,21H,12-14H2,1-2H3,(H2,24,26,29). The molecule has 0 aliphatic heterocycles. The number of nitrogens with one attached hydrogen (secondary N) is 2. The number of rotatable bonds is 7. The number of benzene rings is 1. The Morgan fingerprint density at radius 2 is 2.00 bits per heavy atom. The molecule has 0 saturated carbocycles. The number of carbonyl (C=O) groups is 1. The Bertz CT molecular complexity index is 1000. The molecular formula is C22H24N4O2S. The van der Waals surface area contributed by atoms with Gasteiger partial charge in [0.15, 0.2) is 5.11 Å². The first-order valence-corrected chi connectivity index (χ1v) is 9.87. The van der Waals surface area contributed by atoms with Gasteiger partial charge in [-0.15, -0.1) is 0 Å². The summed E-state index contributed by atoms with van der Waals surface area (Å²) in [5.74, 6) is -0.308. The van der Waals surface area contributed by atoms with E-state index in [1.165, 1.54) is 12.5 Å². The maximum Gasteiger partial charge on any atom is 0.302 e. The molecule has 150 valence electrons. The second-order valence-corrected chi connectivity index (χ2v) is 7.10. The van der Waals surface area contributed by atoms with Crippen molar-refractivity contribution in [3.8, 4) is 0 Å². The number of hydrogen-bond acceptors (Lipinski definition) is 5. The van der Waals surface area contributed by atoms with Gasteiger partial charge in [-0.1, -0.05) is 24.3 Å². The van der Waals surface area contributed by atoms with Gasteiger partial charge in [-0.2, -0.15) is 0 Å². The van der Waals surface area contributed by atoms with Gasteiger partial charge in [0.05, 0.1) is 23.8 Å². The number of para-hydroxylation sites is 1. The Hall–Kier alpha value is -3.06. The van der Waals surface area contributed by atoms with Crippen LogP contribution >= 0.6 is 12.2 Å². The van der Waals surface area contributed by atoms with Crippen LogP contribution in [-0.2, 0) is 16.0 Å². The van der Waals surface area contributed by atoms with Gasteiger partial charge in [0.2, 0.25) is 0 Å². The van der Waals surface area contributed by atoms with Gasteiger partial charge in [-0.3, -0.25) is 14.8 Å². The molecule has 29 heavy (non-hydrogen) atoms. The topological polar surface area (TPSA) is 76.1 Å². The van der Waals surface area contributed by atoms with Crippen molar-refractivity contribution in [3.05, 3.63) is 71.7 Å². The highest BCUT2D eigenvalue weighted by molar-refractivity contribution is 7.80. The van der Waals surface area contributed by atoms with Crippen LogP contribution in [-0.4, -0.2) is 34.2 Å². The largest absolute Gasteiger partial charge is 0.464 e. The van der Waals surface area contributed by atoms with Gasteiger partial charge in [-0.05, 0) is 55.4 Å². The van der Waals surface area contributed by atoms with Crippen LogP contribution in [0, 0.1) is 6.92 Å². The number of fused-ring (bicyclic) bond motifs is 1. The van der Waals surface area contributed by atoms with Crippen molar-refractivity contribution in [2.24, 2.45) is 0 Å². The number of aromatic nitrogens is 2. The first-order chi connectivity index (χ1) is 14.0. The van der Waals surface area contributed by atoms with E-state index in [0.717, 1.165) is 22.3 Å². The summed E-state index contributed by atoms with van der Waals surface area (Å²) in [6.07, 6.45) is 2.53. The normalized spacial score (nSPS) is 11.7. The fourth-order valence-electron chi connectivity index (χ4n) is 3.11. The van der Waals surface area contributed by atoms with E-state index in [1.807, 2.05) is 55.6 Å². The summed E-state index contributed by atoms with van der Waals surface area (Å²) in [6.45, 7) is 4.06. The van der Waals surface area contributed by atoms with E-state index in [0.29, 0.717) is 18.1 Å². The van der Waals surface area contributed by atoms with Gasteiger partial charge in [0.1, 0.15) is 6.61 Å². The molecule has 0 saturated heterocycles. The summed E-state index contributed by atoms with van der Waals surface area (Å²) in [7, 11) is 0. The molecule has 1 atom stereocenters. The Kier molecular flexibility index (Phi) is 7.08. The Labute approximate surface area is 175 Å². The van der Waals surface area contributed by atoms with Crippen molar-refractivity contribution in [2.75, 3.05) is 13.2 Å². The third-order valence-corrected chi connectivity index (χ3v) is 4.69. The molecule has 2 N–H and O–H groups in total. The van der Waals surface area contributed by atoms with E-state index in [-0.39, 0.29) is 18.6 Å². The highest BCUT2D eigenvalue weighted by atomic mass is 32.1. The van der Waals surface area contributed by atoms with Crippen LogP contribution in [0.15, 0.2) is 54.7 Å². The van der Waals surface area contributed by atoms with Crippen molar-refractivity contribution < 1.29 is 9.53 Å². The molecule has 1 unspecified atom stereocenters. The monoisotopic (exact) mass is 408 g/mol. The lowest BCUT2D eigenvalue weighted by molar-refractivity contribution is -0.140. The van der Waals surface area contributed by atoms with Crippen LogP contribution in [0.5, 0.6) is 0 Å². The second kappa shape index (κ2) is 9.93. The van der Waals surface area contributed by atoms with Crippen LogP contribution in [0.3, 0.4) is 0 Å². The molecule has 0 radical (unpaired) electrons. The SMILES string of the molecule is CC(=O)OCCNC(=S)NC(Cc1ccnc2ccccc12)c1cccc(C)n1. The summed E-state index contributed by atoms with van der Waals surface area (Å²) in [4.78, 5) is 20.0. The first-order valence-electron chi connectivity index (χ1n) is 9.47. The minimum atomic E-state index is -0.308. The molecule has 3 aromatic rings. The molecule has 0 aliphatic carbocycles. The molecule has 6 nitrogen and oxygen atoms in total. The van der Waals surface area contributed by atoms with E-state index in [1.54, 1.807) is 0 Å². The predicted octanol–water partition coefficient (Wildman–Crippen LogP) is 3.25. The van der Waals surface area contributed by atoms with Crippen molar-refractivity contribution in [1.29, 1.82) is 0 Å². The van der Waals surface area contributed by atoms with E-state index >= 15 is 0 Å². The van der Waals surface area contributed by atoms with Gasteiger partial charge in [0, 0.05) is 24.2 Å². The molecule has 1 aromatic carbocycles. The van der Waals surface area contributed by atoms with Gasteiger partial charge < -0.3 is 15.4 Å². The zero-order chi connectivity index (χ0) is 20.6. The Morgan fingerprint density at radius 1 is 1.17 bits per heavy atom. The van der Waals surface area contributed by atoms with E-state index in [4.69, 9.17) is 17.0 Å². The van der Waals surface area contributed by atoms with Crippen LogP contribution in [0.4, 0.5) is 0 Å². The summed E-state index contributed by atoms with van der Waals surface area (Å²) in [5, 5.41) is 8.04. The molecule has 0 bridgehead atoms. The number of aryl methyl sites for hydroxylation is 1. The third-order valence-electron chi connectivity index (χ3n) is 4.43. The number of esters is 1. The van der Waals surface area contributed by atoms with Gasteiger partial charge in [0.25, 0.3) is 0 Å². The number of thiocarbonyl (C=S) groups is 1. The zero-order valence-electron chi connectivity index (χ0n) is 16.5. The second-order valence-electron chi connectivity index (χ2n) is 6.69. The summed E-state index contributed by atoms with van der Waals surface area (Å²) < 4.78 is 4.93. The number of pyridine rings is 2. The van der Waals surface area contributed by atoms with Crippen molar-refractivity contribution in [1.82, 2.24) is 20.6 Å². The van der Waals surface area contributed by atoms with Crippen LogP contribution < -0.4 is 10.6 Å². The fraction of sp³-hybridized carbons (Fsp3) is 0.273. The van der Waals surface area contributed by atoms with Crippen molar-refractivity contribution in [2.45, 2.75) is 26.3 Å². The zero-order valence-corrected chi connectivity index (χ0v) is 17.3. The highest BCUT2D eigenvalue weighted by Crippen LogP contribution is 2.23. The van der Waals surface area contributed by atoms with E-state index in [9.17, 15) is 4.79 Å². The molecule has 7 heteroatoms. The predicted molar refractivity (Wildman–Crippen MR) is 118 cm³/mol. The molecule has 3 rings (SSSR count). The van der Waals surface area contributed by atoms with E-state index in [2.05, 4.69) is 26.7 Å². The number of nitrogens with zero attached hydrogens (tertiary/aromatic N) is 2. The molecule has 0 amide bonds. The quantitative estimate of drug-likeness (QED) is 0.353. The number of carbonyl (C=O) groups excluding carboxylic acids is 1. The van der Waals surface area contributed by atoms with Crippen molar-refractivity contribution in [3.63, 3.8) is 0 Å². The smallest absolute Gasteiger partial charge is 0.302 e. The summed E-state index contributed by atoms with van der Waals surface area (Å²) >= 11 is 5.45.